The second-order valence-electron chi connectivity index (χ2n) is 3.22. The molecule has 4 nitrogen and oxygen atoms in total. The molecule has 1 aromatic rings. The van der Waals surface area contributed by atoms with Crippen LogP contribution in [0.25, 0.3) is 0 Å². The molecule has 0 saturated heterocycles. The molecule has 1 aromatic carbocycles. The minimum Gasteiger partial charge on any atom is -0.399 e. The SMILES string of the molecule is C#CCSCCNS(=O)(=O)c1ccc(N)cc1. The smallest absolute Gasteiger partial charge is 0.240 e. The van der Waals surface area contributed by atoms with Gasteiger partial charge in [0.15, 0.2) is 0 Å². The van der Waals surface area contributed by atoms with Gasteiger partial charge in [-0.25, -0.2) is 13.1 Å². The second kappa shape index (κ2) is 6.55. The average molecular weight is 270 g/mol. The number of nitrogens with two attached hydrogens (primary N) is 1. The lowest BCUT2D eigenvalue weighted by molar-refractivity contribution is 0.584. The number of nitrogen functional groups attached to an aromatic ring is 1. The number of sulfonamides is 1. The Morgan fingerprint density at radius 3 is 2.59 bits per heavy atom. The van der Waals surface area contributed by atoms with Crippen molar-refractivity contribution in [1.29, 1.82) is 0 Å². The fraction of sp³-hybridized carbons (Fsp3) is 0.273. The molecule has 0 bridgehead atoms. The minimum atomic E-state index is -3.43. The van der Waals surface area contributed by atoms with Crippen LogP contribution in [0.2, 0.25) is 0 Å². The summed E-state index contributed by atoms with van der Waals surface area (Å²) in [5, 5.41) is 0. The van der Waals surface area contributed by atoms with Gasteiger partial charge in [0.2, 0.25) is 10.0 Å². The van der Waals surface area contributed by atoms with Crippen molar-refractivity contribution < 1.29 is 8.42 Å². The summed E-state index contributed by atoms with van der Waals surface area (Å²) in [5.74, 6) is 3.71. The van der Waals surface area contributed by atoms with Gasteiger partial charge >= 0.3 is 0 Å². The van der Waals surface area contributed by atoms with E-state index in [1.807, 2.05) is 0 Å². The second-order valence-corrected chi connectivity index (χ2v) is 6.10. The van der Waals surface area contributed by atoms with Gasteiger partial charge in [-0.15, -0.1) is 18.2 Å². The summed E-state index contributed by atoms with van der Waals surface area (Å²) in [7, 11) is -3.43. The van der Waals surface area contributed by atoms with E-state index in [0.717, 1.165) is 0 Å². The molecule has 3 N–H and O–H groups in total. The molecule has 0 aliphatic carbocycles. The summed E-state index contributed by atoms with van der Waals surface area (Å²) in [6.07, 6.45) is 5.08. The summed E-state index contributed by atoms with van der Waals surface area (Å²) < 4.78 is 26.0. The van der Waals surface area contributed by atoms with Crippen LogP contribution in [0, 0.1) is 12.3 Å². The summed E-state index contributed by atoms with van der Waals surface area (Å²) in [6.45, 7) is 0.360. The number of terminal acetylenes is 1. The summed E-state index contributed by atoms with van der Waals surface area (Å²) in [4.78, 5) is 0.216. The molecular weight excluding hydrogens is 256 g/mol. The van der Waals surface area contributed by atoms with E-state index in [4.69, 9.17) is 12.2 Å². The lowest BCUT2D eigenvalue weighted by Crippen LogP contribution is -2.26. The summed E-state index contributed by atoms with van der Waals surface area (Å²) >= 11 is 1.51. The van der Waals surface area contributed by atoms with Crippen LogP contribution in [0.5, 0.6) is 0 Å². The maximum Gasteiger partial charge on any atom is 0.240 e. The Morgan fingerprint density at radius 1 is 1.35 bits per heavy atom. The van der Waals surface area contributed by atoms with E-state index >= 15 is 0 Å². The van der Waals surface area contributed by atoms with Gasteiger partial charge in [0.05, 0.1) is 10.6 Å². The molecule has 0 unspecified atom stereocenters. The van der Waals surface area contributed by atoms with Crippen LogP contribution in [-0.4, -0.2) is 26.5 Å². The van der Waals surface area contributed by atoms with Crippen molar-refractivity contribution in [1.82, 2.24) is 4.72 Å². The molecule has 0 atom stereocenters. The van der Waals surface area contributed by atoms with E-state index in [1.165, 1.54) is 23.9 Å². The highest BCUT2D eigenvalue weighted by molar-refractivity contribution is 7.99. The molecule has 0 amide bonds. The number of anilines is 1. The molecule has 0 fully saturated rings. The Labute approximate surface area is 106 Å². The molecule has 0 saturated carbocycles. The maximum atomic E-state index is 11.8. The monoisotopic (exact) mass is 270 g/mol. The molecular formula is C11H14N2O2S2. The highest BCUT2D eigenvalue weighted by atomic mass is 32.2. The third kappa shape index (κ3) is 4.69. The topological polar surface area (TPSA) is 72.2 Å². The molecule has 6 heteroatoms. The fourth-order valence-electron chi connectivity index (χ4n) is 1.11. The van der Waals surface area contributed by atoms with Gasteiger partial charge in [-0.1, -0.05) is 5.92 Å². The van der Waals surface area contributed by atoms with Crippen molar-refractivity contribution in [3.8, 4) is 12.3 Å². The van der Waals surface area contributed by atoms with Crippen molar-refractivity contribution in [2.75, 3.05) is 23.8 Å². The Bertz CT molecular complexity index is 489. The van der Waals surface area contributed by atoms with Gasteiger partial charge in [0.1, 0.15) is 0 Å². The van der Waals surface area contributed by atoms with Gasteiger partial charge in [-0.3, -0.25) is 0 Å². The van der Waals surface area contributed by atoms with Crippen LogP contribution in [-0.2, 0) is 10.0 Å². The van der Waals surface area contributed by atoms with Crippen molar-refractivity contribution in [3.05, 3.63) is 24.3 Å². The molecule has 0 aliphatic rings. The summed E-state index contributed by atoms with van der Waals surface area (Å²) in [6, 6.07) is 6.07. The fourth-order valence-corrected chi connectivity index (χ4v) is 2.78. The normalized spacial score (nSPS) is 11.0. The maximum absolute atomic E-state index is 11.8. The van der Waals surface area contributed by atoms with Crippen molar-refractivity contribution >= 4 is 27.5 Å². The Kier molecular flexibility index (Phi) is 5.35. The van der Waals surface area contributed by atoms with Crippen LogP contribution in [0.1, 0.15) is 0 Å². The first-order chi connectivity index (χ1) is 8.06. The zero-order chi connectivity index (χ0) is 12.7. The number of rotatable bonds is 6. The lowest BCUT2D eigenvalue weighted by atomic mass is 10.3. The highest BCUT2D eigenvalue weighted by Crippen LogP contribution is 2.11. The average Bonchev–Trinajstić information content (AvgIpc) is 2.29. The molecule has 0 spiro atoms. The Morgan fingerprint density at radius 2 is 2.00 bits per heavy atom. The van der Waals surface area contributed by atoms with Crippen molar-refractivity contribution in [2.24, 2.45) is 0 Å². The molecule has 0 aromatic heterocycles. The number of hydrogen-bond donors (Lipinski definition) is 2. The van der Waals surface area contributed by atoms with Crippen LogP contribution >= 0.6 is 11.8 Å². The Hall–Kier alpha value is -1.16. The van der Waals surface area contributed by atoms with Gasteiger partial charge in [0.25, 0.3) is 0 Å². The zero-order valence-electron chi connectivity index (χ0n) is 9.22. The van der Waals surface area contributed by atoms with Gasteiger partial charge < -0.3 is 5.73 Å². The van der Waals surface area contributed by atoms with E-state index in [9.17, 15) is 8.42 Å². The predicted octanol–water partition coefficient (Wildman–Crippen LogP) is 0.914. The third-order valence-electron chi connectivity index (χ3n) is 1.91. The lowest BCUT2D eigenvalue weighted by Gasteiger charge is -2.06. The van der Waals surface area contributed by atoms with E-state index < -0.39 is 10.0 Å². The zero-order valence-corrected chi connectivity index (χ0v) is 10.9. The quantitative estimate of drug-likeness (QED) is 0.458. The Balaban J connectivity index is 2.52. The number of hydrogen-bond acceptors (Lipinski definition) is 4. The van der Waals surface area contributed by atoms with Gasteiger partial charge in [-0.2, -0.15) is 0 Å². The van der Waals surface area contributed by atoms with E-state index in [-0.39, 0.29) is 4.90 Å². The molecule has 92 valence electrons. The molecule has 0 radical (unpaired) electrons. The first-order valence-corrected chi connectivity index (χ1v) is 7.56. The summed E-state index contributed by atoms with van der Waals surface area (Å²) in [5.41, 5.74) is 6.02. The van der Waals surface area contributed by atoms with Crippen LogP contribution in [0.15, 0.2) is 29.2 Å². The van der Waals surface area contributed by atoms with Crippen LogP contribution in [0.4, 0.5) is 5.69 Å². The predicted molar refractivity (Wildman–Crippen MR) is 72.2 cm³/mol. The largest absolute Gasteiger partial charge is 0.399 e. The van der Waals surface area contributed by atoms with Crippen LogP contribution in [0.3, 0.4) is 0 Å². The molecule has 0 aliphatic heterocycles. The van der Waals surface area contributed by atoms with E-state index in [1.54, 1.807) is 12.1 Å². The molecule has 1 rings (SSSR count). The number of nitrogens with one attached hydrogen (secondary N) is 1. The van der Waals surface area contributed by atoms with Gasteiger partial charge in [-0.05, 0) is 24.3 Å². The molecule has 0 heterocycles. The number of thioether (sulfide) groups is 1. The van der Waals surface area contributed by atoms with Crippen molar-refractivity contribution in [2.45, 2.75) is 4.90 Å². The molecule has 17 heavy (non-hydrogen) atoms. The minimum absolute atomic E-state index is 0.216. The van der Waals surface area contributed by atoms with Gasteiger partial charge in [0, 0.05) is 18.0 Å². The first kappa shape index (κ1) is 13.9. The van der Waals surface area contributed by atoms with E-state index in [2.05, 4.69) is 10.6 Å². The number of benzene rings is 1. The highest BCUT2D eigenvalue weighted by Gasteiger charge is 2.12. The first-order valence-electron chi connectivity index (χ1n) is 4.92. The van der Waals surface area contributed by atoms with Crippen molar-refractivity contribution in [3.63, 3.8) is 0 Å². The van der Waals surface area contributed by atoms with Crippen LogP contribution < -0.4 is 10.5 Å². The standard InChI is InChI=1S/C11H14N2O2S2/c1-2-8-16-9-7-13-17(14,15)11-5-3-10(12)4-6-11/h1,3-6,13H,7-9,12H2. The van der Waals surface area contributed by atoms with E-state index in [0.29, 0.717) is 23.7 Å². The third-order valence-corrected chi connectivity index (χ3v) is 4.25.